The lowest BCUT2D eigenvalue weighted by Crippen LogP contribution is -2.46. The van der Waals surface area contributed by atoms with Gasteiger partial charge in [-0.25, -0.2) is 0 Å². The number of fused-ring (bicyclic) bond motifs is 1. The standard InChI is InChI=1S/C30H35N3O3/c1-4-33(21-22-11-6-5-7-12-22)20-10-19-31-29(34)27-25-13-8-9-14-26(25)30(35)32(2)28(27)23-15-17-24(36-3)18-16-23/h5-9,11-18,27-28H,4,10,19-21H2,1-3H3,(H,31,34)/t27-,28-/m1/s1. The third-order valence-corrected chi connectivity index (χ3v) is 6.97. The van der Waals surface area contributed by atoms with Gasteiger partial charge in [0.05, 0.1) is 19.1 Å². The van der Waals surface area contributed by atoms with Crippen LogP contribution in [0.25, 0.3) is 0 Å². The molecular formula is C30H35N3O3. The number of rotatable bonds is 10. The number of nitrogens with one attached hydrogen (secondary N) is 1. The normalized spacial score (nSPS) is 17.1. The molecule has 2 atom stereocenters. The van der Waals surface area contributed by atoms with Gasteiger partial charge in [0.25, 0.3) is 5.91 Å². The Bertz CT molecular complexity index is 1160. The van der Waals surface area contributed by atoms with Crippen molar-refractivity contribution in [3.05, 3.63) is 101 Å². The van der Waals surface area contributed by atoms with Crippen molar-refractivity contribution in [1.82, 2.24) is 15.1 Å². The van der Waals surface area contributed by atoms with Gasteiger partial charge in [0, 0.05) is 32.2 Å². The fraction of sp³-hybridized carbons (Fsp3) is 0.333. The fourth-order valence-electron chi connectivity index (χ4n) is 4.99. The second-order valence-corrected chi connectivity index (χ2v) is 9.20. The molecule has 6 heteroatoms. The van der Waals surface area contributed by atoms with Crippen LogP contribution in [0.4, 0.5) is 0 Å². The third-order valence-electron chi connectivity index (χ3n) is 6.97. The highest BCUT2D eigenvalue weighted by Crippen LogP contribution is 2.42. The van der Waals surface area contributed by atoms with E-state index in [-0.39, 0.29) is 11.8 Å². The second kappa shape index (κ2) is 11.9. The summed E-state index contributed by atoms with van der Waals surface area (Å²) in [7, 11) is 3.40. The van der Waals surface area contributed by atoms with Crippen LogP contribution in [0.15, 0.2) is 78.9 Å². The summed E-state index contributed by atoms with van der Waals surface area (Å²) < 4.78 is 5.30. The molecule has 1 N–H and O–H groups in total. The van der Waals surface area contributed by atoms with Crippen LogP contribution in [0.1, 0.15) is 52.4 Å². The first-order valence-electron chi connectivity index (χ1n) is 12.6. The number of nitrogens with zero attached hydrogens (tertiary/aromatic N) is 2. The van der Waals surface area contributed by atoms with E-state index in [1.807, 2.05) is 48.5 Å². The predicted octanol–water partition coefficient (Wildman–Crippen LogP) is 4.63. The van der Waals surface area contributed by atoms with Crippen LogP contribution in [-0.4, -0.2) is 55.4 Å². The maximum Gasteiger partial charge on any atom is 0.254 e. The average Bonchev–Trinajstić information content (AvgIpc) is 2.92. The van der Waals surface area contributed by atoms with Crippen LogP contribution in [-0.2, 0) is 11.3 Å². The molecule has 0 radical (unpaired) electrons. The van der Waals surface area contributed by atoms with Gasteiger partial charge in [-0.3, -0.25) is 14.5 Å². The van der Waals surface area contributed by atoms with Gasteiger partial charge >= 0.3 is 0 Å². The highest BCUT2D eigenvalue weighted by molar-refractivity contribution is 6.01. The monoisotopic (exact) mass is 485 g/mol. The number of hydrogen-bond donors (Lipinski definition) is 1. The lowest BCUT2D eigenvalue weighted by Gasteiger charge is -2.39. The molecule has 6 nitrogen and oxygen atoms in total. The smallest absolute Gasteiger partial charge is 0.254 e. The maximum atomic E-state index is 13.6. The first-order valence-corrected chi connectivity index (χ1v) is 12.6. The first-order chi connectivity index (χ1) is 17.5. The highest BCUT2D eigenvalue weighted by atomic mass is 16.5. The van der Waals surface area contributed by atoms with Gasteiger partial charge in [0.2, 0.25) is 5.91 Å². The zero-order chi connectivity index (χ0) is 25.5. The van der Waals surface area contributed by atoms with E-state index in [1.54, 1.807) is 25.1 Å². The van der Waals surface area contributed by atoms with Crippen LogP contribution < -0.4 is 10.1 Å². The number of carbonyl (C=O) groups excluding carboxylic acids is 2. The van der Waals surface area contributed by atoms with Gasteiger partial charge in [0.1, 0.15) is 5.75 Å². The van der Waals surface area contributed by atoms with Crippen molar-refractivity contribution < 1.29 is 14.3 Å². The minimum absolute atomic E-state index is 0.0614. The third kappa shape index (κ3) is 5.60. The van der Waals surface area contributed by atoms with E-state index in [4.69, 9.17) is 4.74 Å². The Morgan fingerprint density at radius 1 is 1.00 bits per heavy atom. The molecule has 0 saturated carbocycles. The molecule has 0 saturated heterocycles. The Balaban J connectivity index is 1.48. The molecule has 1 aliphatic heterocycles. The van der Waals surface area contributed by atoms with Gasteiger partial charge in [-0.1, -0.05) is 67.6 Å². The van der Waals surface area contributed by atoms with E-state index in [9.17, 15) is 9.59 Å². The van der Waals surface area contributed by atoms with E-state index in [0.717, 1.165) is 42.9 Å². The molecule has 3 aromatic rings. The molecule has 4 rings (SSSR count). The van der Waals surface area contributed by atoms with Crippen molar-refractivity contribution in [2.24, 2.45) is 0 Å². The summed E-state index contributed by atoms with van der Waals surface area (Å²) in [5.74, 6) is 0.105. The molecule has 0 bridgehead atoms. The summed E-state index contributed by atoms with van der Waals surface area (Å²) in [6, 6.07) is 25.1. The Hall–Kier alpha value is -3.64. The van der Waals surface area contributed by atoms with E-state index in [1.165, 1.54) is 5.56 Å². The van der Waals surface area contributed by atoms with Gasteiger partial charge in [0.15, 0.2) is 0 Å². The van der Waals surface area contributed by atoms with E-state index >= 15 is 0 Å². The van der Waals surface area contributed by atoms with Crippen LogP contribution in [0.3, 0.4) is 0 Å². The summed E-state index contributed by atoms with van der Waals surface area (Å²) in [5, 5.41) is 3.17. The van der Waals surface area contributed by atoms with Crippen molar-refractivity contribution >= 4 is 11.8 Å². The molecule has 0 aliphatic carbocycles. The Labute approximate surface area is 213 Å². The summed E-state index contributed by atoms with van der Waals surface area (Å²) in [4.78, 5) is 30.9. The van der Waals surface area contributed by atoms with Gasteiger partial charge in [-0.2, -0.15) is 0 Å². The molecule has 188 valence electrons. The molecule has 1 heterocycles. The molecule has 0 spiro atoms. The van der Waals surface area contributed by atoms with E-state index in [0.29, 0.717) is 12.1 Å². The van der Waals surface area contributed by atoms with Crippen LogP contribution in [0, 0.1) is 0 Å². The van der Waals surface area contributed by atoms with E-state index in [2.05, 4.69) is 41.4 Å². The van der Waals surface area contributed by atoms with Gasteiger partial charge < -0.3 is 15.0 Å². The van der Waals surface area contributed by atoms with Crippen molar-refractivity contribution in [3.8, 4) is 5.75 Å². The molecule has 36 heavy (non-hydrogen) atoms. The van der Waals surface area contributed by atoms with Crippen molar-refractivity contribution in [2.45, 2.75) is 31.8 Å². The number of methoxy groups -OCH3 is 1. The number of benzene rings is 3. The Morgan fingerprint density at radius 3 is 2.39 bits per heavy atom. The van der Waals surface area contributed by atoms with Crippen LogP contribution in [0.5, 0.6) is 5.75 Å². The van der Waals surface area contributed by atoms with Crippen LogP contribution in [0.2, 0.25) is 0 Å². The minimum atomic E-state index is -0.496. The average molecular weight is 486 g/mol. The summed E-state index contributed by atoms with van der Waals surface area (Å²) in [6.07, 6.45) is 0.850. The fourth-order valence-corrected chi connectivity index (χ4v) is 4.99. The summed E-state index contributed by atoms with van der Waals surface area (Å²) >= 11 is 0. The summed E-state index contributed by atoms with van der Waals surface area (Å²) in [6.45, 7) is 5.48. The van der Waals surface area contributed by atoms with E-state index < -0.39 is 12.0 Å². The quantitative estimate of drug-likeness (QED) is 0.425. The maximum absolute atomic E-state index is 13.6. The molecule has 2 amide bonds. The molecule has 0 fully saturated rings. The van der Waals surface area contributed by atoms with Gasteiger partial charge in [-0.15, -0.1) is 0 Å². The lowest BCUT2D eigenvalue weighted by atomic mass is 9.79. The number of ether oxygens (including phenoxy) is 1. The zero-order valence-electron chi connectivity index (χ0n) is 21.3. The number of hydrogen-bond acceptors (Lipinski definition) is 4. The SMILES string of the molecule is CCN(CCCNC(=O)[C@@H]1c2ccccc2C(=O)N(C)[C@@H]1c1ccc(OC)cc1)Cc1ccccc1. The summed E-state index contributed by atoms with van der Waals surface area (Å²) in [5.41, 5.74) is 3.56. The second-order valence-electron chi connectivity index (χ2n) is 9.20. The predicted molar refractivity (Wildman–Crippen MR) is 142 cm³/mol. The molecule has 0 aromatic heterocycles. The minimum Gasteiger partial charge on any atom is -0.497 e. The topological polar surface area (TPSA) is 61.9 Å². The van der Waals surface area contributed by atoms with Crippen molar-refractivity contribution in [1.29, 1.82) is 0 Å². The Morgan fingerprint density at radius 2 is 1.69 bits per heavy atom. The van der Waals surface area contributed by atoms with Gasteiger partial charge in [-0.05, 0) is 47.9 Å². The largest absolute Gasteiger partial charge is 0.497 e. The molecule has 1 aliphatic rings. The number of carbonyl (C=O) groups is 2. The van der Waals surface area contributed by atoms with Crippen molar-refractivity contribution in [3.63, 3.8) is 0 Å². The molecular weight excluding hydrogens is 450 g/mol. The first kappa shape index (κ1) is 25.5. The van der Waals surface area contributed by atoms with Crippen molar-refractivity contribution in [2.75, 3.05) is 33.8 Å². The molecule has 0 unspecified atom stereocenters. The Kier molecular flexibility index (Phi) is 8.39. The lowest BCUT2D eigenvalue weighted by molar-refractivity contribution is -0.124. The number of amides is 2. The highest BCUT2D eigenvalue weighted by Gasteiger charge is 2.42. The zero-order valence-corrected chi connectivity index (χ0v) is 21.3. The number of likely N-dealkylation sites (N-methyl/N-ethyl adjacent to an activating group) is 1. The molecule has 3 aromatic carbocycles. The van der Waals surface area contributed by atoms with Crippen LogP contribution >= 0.6 is 0 Å².